The number of aliphatic hydroxyl groups is 2. The fraction of sp³-hybridized carbons (Fsp3) is 1.00. The molecule has 2 heterocycles. The van der Waals surface area contributed by atoms with Crippen LogP contribution in [0.2, 0.25) is 0 Å². The smallest absolute Gasteiger partial charge is 0.162 e. The van der Waals surface area contributed by atoms with Gasteiger partial charge < -0.3 is 24.4 Å². The number of rotatable bonds is 3. The zero-order chi connectivity index (χ0) is 9.52. The van der Waals surface area contributed by atoms with Gasteiger partial charge in [0, 0.05) is 12.8 Å². The van der Waals surface area contributed by atoms with Crippen LogP contribution in [-0.2, 0) is 14.2 Å². The molecule has 5 nitrogen and oxygen atoms in total. The van der Waals surface area contributed by atoms with Gasteiger partial charge in [-0.25, -0.2) is 0 Å². The Kier molecular flexibility index (Phi) is 5.26. The molecule has 2 aliphatic heterocycles. The van der Waals surface area contributed by atoms with E-state index < -0.39 is 0 Å². The zero-order valence-corrected chi connectivity index (χ0v) is 7.52. The van der Waals surface area contributed by atoms with Gasteiger partial charge in [0.2, 0.25) is 0 Å². The van der Waals surface area contributed by atoms with Crippen LogP contribution < -0.4 is 0 Å². The van der Waals surface area contributed by atoms with Crippen LogP contribution in [0.5, 0.6) is 0 Å². The van der Waals surface area contributed by atoms with E-state index in [9.17, 15) is 0 Å². The highest BCUT2D eigenvalue weighted by Crippen LogP contribution is 2.20. The molecule has 5 heteroatoms. The summed E-state index contributed by atoms with van der Waals surface area (Å²) < 4.78 is 15.3. The molecule has 0 radical (unpaired) electrons. The molecule has 2 atom stereocenters. The van der Waals surface area contributed by atoms with E-state index in [2.05, 4.69) is 0 Å². The molecule has 0 bridgehead atoms. The summed E-state index contributed by atoms with van der Waals surface area (Å²) >= 11 is 0. The molecule has 13 heavy (non-hydrogen) atoms. The number of hydrogen-bond acceptors (Lipinski definition) is 5. The third-order valence-electron chi connectivity index (χ3n) is 1.72. The molecule has 2 saturated heterocycles. The summed E-state index contributed by atoms with van der Waals surface area (Å²) in [5, 5.41) is 15.2. The maximum Gasteiger partial charge on any atom is 0.162 e. The van der Waals surface area contributed by atoms with E-state index in [1.165, 1.54) is 0 Å². The number of ether oxygens (including phenoxy) is 3. The van der Waals surface area contributed by atoms with Crippen molar-refractivity contribution in [1.82, 2.24) is 0 Å². The van der Waals surface area contributed by atoms with Crippen molar-refractivity contribution < 1.29 is 24.4 Å². The third-order valence-corrected chi connectivity index (χ3v) is 1.72. The molecule has 2 unspecified atom stereocenters. The van der Waals surface area contributed by atoms with Crippen LogP contribution >= 0.6 is 0 Å². The van der Waals surface area contributed by atoms with Crippen molar-refractivity contribution in [3.05, 3.63) is 0 Å². The van der Waals surface area contributed by atoms with Crippen LogP contribution in [0.25, 0.3) is 0 Å². The van der Waals surface area contributed by atoms with Crippen molar-refractivity contribution in [3.8, 4) is 0 Å². The van der Waals surface area contributed by atoms with Gasteiger partial charge in [0.15, 0.2) is 12.6 Å². The molecular formula is C8H16O5. The molecule has 0 saturated carbocycles. The quantitative estimate of drug-likeness (QED) is 0.629. The van der Waals surface area contributed by atoms with E-state index >= 15 is 0 Å². The predicted molar refractivity (Wildman–Crippen MR) is 44.0 cm³/mol. The minimum Gasteiger partial charge on any atom is -0.394 e. The summed E-state index contributed by atoms with van der Waals surface area (Å²) in [6.07, 6.45) is 2.13. The molecule has 2 aliphatic rings. The van der Waals surface area contributed by atoms with E-state index in [4.69, 9.17) is 24.4 Å². The highest BCUT2D eigenvalue weighted by Gasteiger charge is 2.27. The molecule has 2 fully saturated rings. The Morgan fingerprint density at radius 3 is 1.54 bits per heavy atom. The molecule has 0 spiro atoms. The van der Waals surface area contributed by atoms with Crippen LogP contribution in [0, 0.1) is 0 Å². The molecule has 0 aromatic carbocycles. The Labute approximate surface area is 77.2 Å². The number of hydrogen-bond donors (Lipinski definition) is 2. The molecular weight excluding hydrogens is 176 g/mol. The van der Waals surface area contributed by atoms with Gasteiger partial charge in [-0.2, -0.15) is 0 Å². The Balaban J connectivity index is 0.000000184. The minimum absolute atomic E-state index is 0.0373. The largest absolute Gasteiger partial charge is 0.394 e. The van der Waals surface area contributed by atoms with Crippen molar-refractivity contribution >= 4 is 0 Å². The Morgan fingerprint density at radius 1 is 1.00 bits per heavy atom. The van der Waals surface area contributed by atoms with Crippen molar-refractivity contribution in [1.29, 1.82) is 0 Å². The first-order chi connectivity index (χ1) is 6.36. The highest BCUT2D eigenvalue weighted by molar-refractivity contribution is 4.60. The molecule has 78 valence electrons. The first-order valence-electron chi connectivity index (χ1n) is 4.47. The van der Waals surface area contributed by atoms with Gasteiger partial charge in [0.1, 0.15) is 0 Å². The fourth-order valence-corrected chi connectivity index (χ4v) is 0.812. The average Bonchev–Trinajstić information content (AvgIpc) is 1.99. The van der Waals surface area contributed by atoms with Crippen molar-refractivity contribution in [2.75, 3.05) is 26.4 Å². The van der Waals surface area contributed by atoms with Gasteiger partial charge >= 0.3 is 0 Å². The number of aliphatic hydroxyl groups excluding tert-OH is 2. The Morgan fingerprint density at radius 2 is 1.38 bits per heavy atom. The summed E-state index contributed by atoms with van der Waals surface area (Å²) in [6.45, 7) is 1.44. The van der Waals surface area contributed by atoms with Crippen LogP contribution in [0.1, 0.15) is 12.8 Å². The maximum atomic E-state index is 7.62. The fourth-order valence-electron chi connectivity index (χ4n) is 0.812. The second-order valence-corrected chi connectivity index (χ2v) is 2.76. The van der Waals surface area contributed by atoms with E-state index in [-0.39, 0.29) is 25.8 Å². The zero-order valence-electron chi connectivity index (χ0n) is 7.52. The van der Waals surface area contributed by atoms with E-state index in [1.807, 2.05) is 0 Å². The lowest BCUT2D eigenvalue weighted by Crippen LogP contribution is -2.39. The van der Waals surface area contributed by atoms with Crippen LogP contribution in [-0.4, -0.2) is 49.2 Å². The lowest BCUT2D eigenvalue weighted by Gasteiger charge is -2.34. The van der Waals surface area contributed by atoms with Gasteiger partial charge in [0.05, 0.1) is 26.4 Å². The normalized spacial score (nSPS) is 30.9. The van der Waals surface area contributed by atoms with Crippen LogP contribution in [0.3, 0.4) is 0 Å². The first-order valence-corrected chi connectivity index (χ1v) is 4.47. The van der Waals surface area contributed by atoms with Crippen molar-refractivity contribution in [3.63, 3.8) is 0 Å². The molecule has 0 aromatic rings. The Bertz CT molecular complexity index is 108. The standard InChI is InChI=1S/C6H10O3.C2H6O2/c1-3-7-5(1)9-6-2-4-8-6;3-1-2-4/h5-6H,1-4H2;3-4H,1-2H2. The molecule has 2 rings (SSSR count). The lowest BCUT2D eigenvalue weighted by atomic mass is 10.3. The summed E-state index contributed by atoms with van der Waals surface area (Å²) in [5.41, 5.74) is 0. The molecule has 0 aromatic heterocycles. The van der Waals surface area contributed by atoms with Crippen molar-refractivity contribution in [2.45, 2.75) is 25.4 Å². The van der Waals surface area contributed by atoms with E-state index in [0.717, 1.165) is 26.1 Å². The highest BCUT2D eigenvalue weighted by atomic mass is 16.8. The van der Waals surface area contributed by atoms with Gasteiger partial charge in [-0.05, 0) is 0 Å². The predicted octanol–water partition coefficient (Wildman–Crippen LogP) is -0.533. The first kappa shape index (κ1) is 10.9. The van der Waals surface area contributed by atoms with Crippen LogP contribution in [0.15, 0.2) is 0 Å². The van der Waals surface area contributed by atoms with Gasteiger partial charge in [-0.1, -0.05) is 0 Å². The second-order valence-electron chi connectivity index (χ2n) is 2.76. The van der Waals surface area contributed by atoms with Gasteiger partial charge in [0.25, 0.3) is 0 Å². The summed E-state index contributed by atoms with van der Waals surface area (Å²) in [7, 11) is 0. The maximum absolute atomic E-state index is 7.62. The molecule has 0 amide bonds. The lowest BCUT2D eigenvalue weighted by molar-refractivity contribution is -0.320. The Hall–Kier alpha value is -0.200. The summed E-state index contributed by atoms with van der Waals surface area (Å²) in [4.78, 5) is 0. The minimum atomic E-state index is -0.125. The molecule has 0 aliphatic carbocycles. The summed E-state index contributed by atoms with van der Waals surface area (Å²) in [5.74, 6) is 0. The van der Waals surface area contributed by atoms with Gasteiger partial charge in [-0.3, -0.25) is 0 Å². The van der Waals surface area contributed by atoms with Gasteiger partial charge in [-0.15, -0.1) is 0 Å². The monoisotopic (exact) mass is 192 g/mol. The van der Waals surface area contributed by atoms with Crippen molar-refractivity contribution in [2.24, 2.45) is 0 Å². The average molecular weight is 192 g/mol. The third kappa shape index (κ3) is 4.02. The topological polar surface area (TPSA) is 68.2 Å². The SMILES string of the molecule is C1CC(OC2CCO2)O1.OCCO. The van der Waals surface area contributed by atoms with Crippen LogP contribution in [0.4, 0.5) is 0 Å². The second kappa shape index (κ2) is 6.28. The van der Waals surface area contributed by atoms with E-state index in [1.54, 1.807) is 0 Å². The van der Waals surface area contributed by atoms with E-state index in [0.29, 0.717) is 0 Å². The molecule has 2 N–H and O–H groups in total. The summed E-state index contributed by atoms with van der Waals surface area (Å²) in [6, 6.07) is 0.